The minimum atomic E-state index is -0.710. The summed E-state index contributed by atoms with van der Waals surface area (Å²) < 4.78 is 13.2. The van der Waals surface area contributed by atoms with E-state index in [0.29, 0.717) is 19.8 Å². The van der Waals surface area contributed by atoms with Gasteiger partial charge in [-0.25, -0.2) is 0 Å². The molecule has 0 N–H and O–H groups in total. The Morgan fingerprint density at radius 1 is 1.14 bits per heavy atom. The monoisotopic (exact) mass is 363 g/mol. The molecule has 2 aromatic rings. The average molecular weight is 364 g/mol. The molecule has 0 amide bonds. The van der Waals surface area contributed by atoms with E-state index in [-0.39, 0.29) is 22.8 Å². The fourth-order valence-corrected chi connectivity index (χ4v) is 2.45. The molecule has 2 heterocycles. The molecule has 0 radical (unpaired) electrons. The van der Waals surface area contributed by atoms with Crippen molar-refractivity contribution in [1.29, 1.82) is 0 Å². The molecule has 0 bridgehead atoms. The number of carbonyl (C=O) groups is 1. The number of nitrogens with zero attached hydrogens (tertiary/aromatic N) is 1. The van der Waals surface area contributed by atoms with Crippen LogP contribution in [-0.2, 0) is 21.8 Å². The van der Waals surface area contributed by atoms with Gasteiger partial charge in [0.2, 0.25) is 12.3 Å². The largest absolute Gasteiger partial charge is 1.00 e. The van der Waals surface area contributed by atoms with Crippen LogP contribution in [0.15, 0.2) is 54.9 Å². The zero-order chi connectivity index (χ0) is 14.7. The molecule has 0 unspecified atom stereocenters. The van der Waals surface area contributed by atoms with Crippen molar-refractivity contribution in [3.63, 3.8) is 0 Å². The van der Waals surface area contributed by atoms with Gasteiger partial charge in [0.15, 0.2) is 18.2 Å². The van der Waals surface area contributed by atoms with Crippen LogP contribution in [0.25, 0.3) is 0 Å². The molecule has 1 aliphatic heterocycles. The summed E-state index contributed by atoms with van der Waals surface area (Å²) in [6, 6.07) is 13.2. The first-order valence-electron chi connectivity index (χ1n) is 7.03. The van der Waals surface area contributed by atoms with Crippen molar-refractivity contribution in [1.82, 2.24) is 0 Å². The third kappa shape index (κ3) is 3.61. The number of halogens is 1. The molecular formula is C17H18BrNO3. The van der Waals surface area contributed by atoms with Crippen molar-refractivity contribution in [3.05, 3.63) is 66.0 Å². The van der Waals surface area contributed by atoms with Crippen LogP contribution < -0.4 is 21.5 Å². The first-order chi connectivity index (χ1) is 10.2. The predicted molar refractivity (Wildman–Crippen MR) is 76.7 cm³/mol. The number of Topliss-reactive ketones (excluding diaryl/α,β-unsaturated/α-hetero) is 1. The third-order valence-corrected chi connectivity index (χ3v) is 3.64. The van der Waals surface area contributed by atoms with Crippen LogP contribution in [0.3, 0.4) is 0 Å². The standard InChI is InChI=1S/C17H18NO3.BrH/c1-17(20-10-11-21-17)15-8-5-9-18(12-15)13-16(19)14-6-3-2-4-7-14;/h2-9,12H,10-11,13H2,1H3;1H/q+1;/p-1. The summed E-state index contributed by atoms with van der Waals surface area (Å²) in [5.74, 6) is -0.630. The van der Waals surface area contributed by atoms with Crippen LogP contribution in [0.4, 0.5) is 0 Å². The van der Waals surface area contributed by atoms with E-state index >= 15 is 0 Å². The lowest BCUT2D eigenvalue weighted by Gasteiger charge is -2.21. The molecule has 0 saturated carbocycles. The van der Waals surface area contributed by atoms with Gasteiger partial charge in [0.05, 0.1) is 18.8 Å². The lowest BCUT2D eigenvalue weighted by Crippen LogP contribution is -3.00. The van der Waals surface area contributed by atoms with Crippen LogP contribution >= 0.6 is 0 Å². The van der Waals surface area contributed by atoms with Crippen LogP contribution in [-0.4, -0.2) is 19.0 Å². The van der Waals surface area contributed by atoms with Crippen molar-refractivity contribution in [2.24, 2.45) is 0 Å². The molecule has 1 aromatic heterocycles. The van der Waals surface area contributed by atoms with Crippen molar-refractivity contribution in [2.45, 2.75) is 19.3 Å². The Morgan fingerprint density at radius 2 is 1.82 bits per heavy atom. The molecule has 1 saturated heterocycles. The summed E-state index contributed by atoms with van der Waals surface area (Å²) in [6.07, 6.45) is 3.79. The van der Waals surface area contributed by atoms with Crippen LogP contribution in [0, 0.1) is 0 Å². The molecule has 1 aliphatic rings. The van der Waals surface area contributed by atoms with Gasteiger partial charge in [0, 0.05) is 11.6 Å². The van der Waals surface area contributed by atoms with Crippen molar-refractivity contribution >= 4 is 5.78 Å². The molecule has 1 fully saturated rings. The van der Waals surface area contributed by atoms with Crippen molar-refractivity contribution in [3.8, 4) is 0 Å². The second kappa shape index (κ2) is 7.13. The Morgan fingerprint density at radius 3 is 2.50 bits per heavy atom. The van der Waals surface area contributed by atoms with Gasteiger partial charge in [-0.05, 0) is 13.0 Å². The van der Waals surface area contributed by atoms with Gasteiger partial charge in [-0.2, -0.15) is 4.57 Å². The number of rotatable bonds is 4. The van der Waals surface area contributed by atoms with Gasteiger partial charge in [-0.1, -0.05) is 30.3 Å². The highest BCUT2D eigenvalue weighted by Gasteiger charge is 2.35. The first-order valence-corrected chi connectivity index (χ1v) is 7.03. The molecule has 0 aliphatic carbocycles. The van der Waals surface area contributed by atoms with Crippen LogP contribution in [0.1, 0.15) is 22.8 Å². The smallest absolute Gasteiger partial charge is 0.227 e. The lowest BCUT2D eigenvalue weighted by molar-refractivity contribution is -0.684. The Hall–Kier alpha value is -1.56. The minimum absolute atomic E-state index is 0. The number of benzene rings is 1. The second-order valence-corrected chi connectivity index (χ2v) is 5.20. The van der Waals surface area contributed by atoms with Crippen LogP contribution in [0.2, 0.25) is 0 Å². The number of hydrogen-bond donors (Lipinski definition) is 0. The van der Waals surface area contributed by atoms with E-state index in [9.17, 15) is 4.79 Å². The topological polar surface area (TPSA) is 39.4 Å². The highest BCUT2D eigenvalue weighted by molar-refractivity contribution is 5.94. The Bertz CT molecular complexity index is 639. The zero-order valence-electron chi connectivity index (χ0n) is 12.4. The lowest BCUT2D eigenvalue weighted by atomic mass is 10.1. The molecular weight excluding hydrogens is 346 g/mol. The normalized spacial score (nSPS) is 16.0. The first kappa shape index (κ1) is 16.8. The zero-order valence-corrected chi connectivity index (χ0v) is 14.0. The molecule has 3 rings (SSSR count). The summed E-state index contributed by atoms with van der Waals surface area (Å²) in [6.45, 7) is 3.38. The third-order valence-electron chi connectivity index (χ3n) is 3.64. The molecule has 116 valence electrons. The Balaban J connectivity index is 0.00000176. The Labute approximate surface area is 140 Å². The number of hydrogen-bond acceptors (Lipinski definition) is 3. The van der Waals surface area contributed by atoms with E-state index < -0.39 is 5.79 Å². The molecule has 1 aromatic carbocycles. The summed E-state index contributed by atoms with van der Waals surface area (Å²) in [7, 11) is 0. The van der Waals surface area contributed by atoms with Gasteiger partial charge in [-0.15, -0.1) is 0 Å². The van der Waals surface area contributed by atoms with Gasteiger partial charge in [0.25, 0.3) is 0 Å². The van der Waals surface area contributed by atoms with E-state index in [1.54, 1.807) is 0 Å². The maximum Gasteiger partial charge on any atom is 0.227 e. The van der Waals surface area contributed by atoms with E-state index in [2.05, 4.69) is 0 Å². The average Bonchev–Trinajstić information content (AvgIpc) is 2.97. The number of pyridine rings is 1. The van der Waals surface area contributed by atoms with Gasteiger partial charge < -0.3 is 26.5 Å². The molecule has 22 heavy (non-hydrogen) atoms. The number of carbonyl (C=O) groups excluding carboxylic acids is 1. The summed E-state index contributed by atoms with van der Waals surface area (Å²) in [5, 5.41) is 0. The summed E-state index contributed by atoms with van der Waals surface area (Å²) in [4.78, 5) is 12.2. The van der Waals surface area contributed by atoms with E-state index in [1.807, 2.05) is 66.3 Å². The maximum atomic E-state index is 12.2. The summed E-state index contributed by atoms with van der Waals surface area (Å²) in [5.41, 5.74) is 1.64. The number of ketones is 1. The van der Waals surface area contributed by atoms with Gasteiger partial charge in [-0.3, -0.25) is 4.79 Å². The van der Waals surface area contributed by atoms with E-state index in [1.165, 1.54) is 0 Å². The fourth-order valence-electron chi connectivity index (χ4n) is 2.45. The molecule has 0 atom stereocenters. The van der Waals surface area contributed by atoms with E-state index in [4.69, 9.17) is 9.47 Å². The Kier molecular flexibility index (Phi) is 5.45. The van der Waals surface area contributed by atoms with E-state index in [0.717, 1.165) is 11.1 Å². The van der Waals surface area contributed by atoms with Gasteiger partial charge >= 0.3 is 0 Å². The SMILES string of the molecule is CC1(c2ccc[n+](CC(=O)c3ccccc3)c2)OCCO1.[Br-]. The molecule has 4 nitrogen and oxygen atoms in total. The second-order valence-electron chi connectivity index (χ2n) is 5.20. The highest BCUT2D eigenvalue weighted by atomic mass is 79.9. The van der Waals surface area contributed by atoms with Crippen LogP contribution in [0.5, 0.6) is 0 Å². The highest BCUT2D eigenvalue weighted by Crippen LogP contribution is 2.29. The van der Waals surface area contributed by atoms with Crippen molar-refractivity contribution < 1.29 is 35.8 Å². The summed E-state index contributed by atoms with van der Waals surface area (Å²) >= 11 is 0. The number of aromatic nitrogens is 1. The fraction of sp³-hybridized carbons (Fsp3) is 0.294. The quantitative estimate of drug-likeness (QED) is 0.521. The number of ether oxygens (including phenoxy) is 2. The molecule has 0 spiro atoms. The van der Waals surface area contributed by atoms with Gasteiger partial charge in [0.1, 0.15) is 0 Å². The minimum Gasteiger partial charge on any atom is -1.00 e. The maximum absolute atomic E-state index is 12.2. The van der Waals surface area contributed by atoms with Crippen molar-refractivity contribution in [2.75, 3.05) is 13.2 Å². The predicted octanol–water partition coefficient (Wildman–Crippen LogP) is -0.919. The molecule has 5 heteroatoms.